The fraction of sp³-hybridized carbons (Fsp3) is 0.375. The zero-order valence-electron chi connectivity index (χ0n) is 11.1. The van der Waals surface area contributed by atoms with Gasteiger partial charge in [0.15, 0.2) is 0 Å². The molecule has 0 unspecified atom stereocenters. The molecule has 0 aliphatic carbocycles. The van der Waals surface area contributed by atoms with Gasteiger partial charge in [0.05, 0.1) is 0 Å². The minimum Gasteiger partial charge on any atom is -0.311 e. The van der Waals surface area contributed by atoms with E-state index in [0.717, 1.165) is 17.5 Å². The number of pyridine rings is 2. The lowest BCUT2D eigenvalue weighted by atomic mass is 9.84. The van der Waals surface area contributed by atoms with Crippen LogP contribution in [0.4, 0.5) is 4.39 Å². The second-order valence-electron chi connectivity index (χ2n) is 5.74. The second-order valence-corrected chi connectivity index (χ2v) is 5.74. The molecule has 20 heavy (non-hydrogen) atoms. The molecule has 0 saturated carbocycles. The van der Waals surface area contributed by atoms with E-state index in [2.05, 4.69) is 15.3 Å². The van der Waals surface area contributed by atoms with E-state index in [-0.39, 0.29) is 0 Å². The Balaban J connectivity index is 1.72. The van der Waals surface area contributed by atoms with Crippen LogP contribution in [0.5, 0.6) is 0 Å². The molecule has 1 N–H and O–H groups in total. The first-order valence-electron chi connectivity index (χ1n) is 7.13. The van der Waals surface area contributed by atoms with E-state index in [0.29, 0.717) is 23.6 Å². The maximum Gasteiger partial charge on any atom is 0.220 e. The van der Waals surface area contributed by atoms with Crippen molar-refractivity contribution >= 4 is 0 Å². The Morgan fingerprint density at radius 2 is 2.20 bits per heavy atom. The number of nitrogens with zero attached hydrogens (tertiary/aromatic N) is 2. The SMILES string of the molecule is Fc1ncc([C@H]2C[C@H]3CC[C@H]2N3)cc1-c1cccnc1. The molecular weight excluding hydrogens is 253 g/mol. The maximum absolute atomic E-state index is 14.0. The van der Waals surface area contributed by atoms with Crippen molar-refractivity contribution < 1.29 is 4.39 Å². The van der Waals surface area contributed by atoms with Gasteiger partial charge in [-0.15, -0.1) is 0 Å². The molecule has 2 aromatic heterocycles. The molecule has 0 aromatic carbocycles. The number of hydrogen-bond acceptors (Lipinski definition) is 3. The number of hydrogen-bond donors (Lipinski definition) is 1. The summed E-state index contributed by atoms with van der Waals surface area (Å²) in [6.45, 7) is 0. The first kappa shape index (κ1) is 12.0. The molecule has 3 atom stereocenters. The van der Waals surface area contributed by atoms with Gasteiger partial charge in [0.2, 0.25) is 5.95 Å². The summed E-state index contributed by atoms with van der Waals surface area (Å²) in [6.07, 6.45) is 8.70. The first-order chi connectivity index (χ1) is 9.81. The van der Waals surface area contributed by atoms with Gasteiger partial charge in [-0.1, -0.05) is 6.07 Å². The van der Waals surface area contributed by atoms with Gasteiger partial charge < -0.3 is 5.32 Å². The van der Waals surface area contributed by atoms with Crippen LogP contribution in [-0.4, -0.2) is 22.1 Å². The summed E-state index contributed by atoms with van der Waals surface area (Å²) in [4.78, 5) is 8.02. The minimum atomic E-state index is -0.419. The van der Waals surface area contributed by atoms with E-state index in [1.807, 2.05) is 18.2 Å². The van der Waals surface area contributed by atoms with Crippen molar-refractivity contribution in [2.24, 2.45) is 0 Å². The highest BCUT2D eigenvalue weighted by Crippen LogP contribution is 2.40. The highest BCUT2D eigenvalue weighted by Gasteiger charge is 2.39. The lowest BCUT2D eigenvalue weighted by Gasteiger charge is -2.20. The van der Waals surface area contributed by atoms with E-state index in [1.54, 1.807) is 18.6 Å². The average Bonchev–Trinajstić information content (AvgIpc) is 3.11. The molecule has 3 nitrogen and oxygen atoms in total. The lowest BCUT2D eigenvalue weighted by molar-refractivity contribution is 0.502. The predicted molar refractivity (Wildman–Crippen MR) is 74.7 cm³/mol. The second kappa shape index (κ2) is 4.63. The number of aromatic nitrogens is 2. The predicted octanol–water partition coefficient (Wildman–Crippen LogP) is 2.89. The lowest BCUT2D eigenvalue weighted by Crippen LogP contribution is -2.21. The Morgan fingerprint density at radius 3 is 2.90 bits per heavy atom. The van der Waals surface area contributed by atoms with Gasteiger partial charge in [-0.3, -0.25) is 4.98 Å². The standard InChI is InChI=1S/C16H16FN3/c17-16-14(10-2-1-5-18-8-10)6-11(9-19-16)13-7-12-3-4-15(13)20-12/h1-2,5-6,8-9,12-13,15,20H,3-4,7H2/t12-,13-,15-/m1/s1. The molecule has 2 saturated heterocycles. The fourth-order valence-corrected chi connectivity index (χ4v) is 3.58. The summed E-state index contributed by atoms with van der Waals surface area (Å²) in [6, 6.07) is 6.81. The number of nitrogens with one attached hydrogen (secondary N) is 1. The van der Waals surface area contributed by atoms with Gasteiger partial charge in [0.1, 0.15) is 0 Å². The zero-order chi connectivity index (χ0) is 13.5. The molecule has 4 heteroatoms. The average molecular weight is 269 g/mol. The molecule has 4 heterocycles. The van der Waals surface area contributed by atoms with Crippen LogP contribution in [0.25, 0.3) is 11.1 Å². The number of rotatable bonds is 2. The fourth-order valence-electron chi connectivity index (χ4n) is 3.58. The first-order valence-corrected chi connectivity index (χ1v) is 7.13. The summed E-state index contributed by atoms with van der Waals surface area (Å²) in [7, 11) is 0. The maximum atomic E-state index is 14.0. The third-order valence-electron chi connectivity index (χ3n) is 4.56. The van der Waals surface area contributed by atoms with Crippen molar-refractivity contribution in [3.63, 3.8) is 0 Å². The van der Waals surface area contributed by atoms with E-state index >= 15 is 0 Å². The molecule has 0 radical (unpaired) electrons. The quantitative estimate of drug-likeness (QED) is 0.852. The summed E-state index contributed by atoms with van der Waals surface area (Å²) < 4.78 is 14.0. The Morgan fingerprint density at radius 1 is 1.25 bits per heavy atom. The zero-order valence-corrected chi connectivity index (χ0v) is 11.1. The number of fused-ring (bicyclic) bond motifs is 2. The van der Waals surface area contributed by atoms with E-state index in [9.17, 15) is 4.39 Å². The van der Waals surface area contributed by atoms with Crippen molar-refractivity contribution in [3.8, 4) is 11.1 Å². The van der Waals surface area contributed by atoms with Gasteiger partial charge in [-0.05, 0) is 37.0 Å². The molecule has 4 rings (SSSR count). The molecule has 0 amide bonds. The summed E-state index contributed by atoms with van der Waals surface area (Å²) >= 11 is 0. The van der Waals surface area contributed by atoms with Crippen LogP contribution >= 0.6 is 0 Å². The highest BCUT2D eigenvalue weighted by molar-refractivity contribution is 5.62. The van der Waals surface area contributed by atoms with Gasteiger partial charge in [-0.25, -0.2) is 4.98 Å². The van der Waals surface area contributed by atoms with Crippen molar-refractivity contribution in [1.82, 2.24) is 15.3 Å². The third kappa shape index (κ3) is 1.91. The molecule has 2 bridgehead atoms. The van der Waals surface area contributed by atoms with Crippen molar-refractivity contribution in [1.29, 1.82) is 0 Å². The van der Waals surface area contributed by atoms with Gasteiger partial charge >= 0.3 is 0 Å². The van der Waals surface area contributed by atoms with Crippen LogP contribution in [0, 0.1) is 5.95 Å². The highest BCUT2D eigenvalue weighted by atomic mass is 19.1. The van der Waals surface area contributed by atoms with Crippen LogP contribution in [0.15, 0.2) is 36.8 Å². The van der Waals surface area contributed by atoms with Crippen LogP contribution in [0.3, 0.4) is 0 Å². The van der Waals surface area contributed by atoms with Crippen LogP contribution in [0.1, 0.15) is 30.7 Å². The molecule has 2 aliphatic rings. The Bertz CT molecular complexity index is 629. The van der Waals surface area contributed by atoms with Gasteiger partial charge in [-0.2, -0.15) is 4.39 Å². The van der Waals surface area contributed by atoms with E-state index < -0.39 is 5.95 Å². The Kier molecular flexibility index (Phi) is 2.77. The largest absolute Gasteiger partial charge is 0.311 e. The van der Waals surface area contributed by atoms with Crippen LogP contribution in [-0.2, 0) is 0 Å². The van der Waals surface area contributed by atoms with Gasteiger partial charge in [0.25, 0.3) is 0 Å². The molecule has 2 aromatic rings. The molecule has 0 spiro atoms. The summed E-state index contributed by atoms with van der Waals surface area (Å²) in [5, 5.41) is 3.62. The minimum absolute atomic E-state index is 0.419. The Hall–Kier alpha value is -1.81. The van der Waals surface area contributed by atoms with Crippen LogP contribution in [0.2, 0.25) is 0 Å². The normalized spacial score (nSPS) is 27.9. The number of halogens is 1. The molecular formula is C16H16FN3. The molecule has 2 aliphatic heterocycles. The van der Waals surface area contributed by atoms with Crippen molar-refractivity contribution in [2.45, 2.75) is 37.3 Å². The topological polar surface area (TPSA) is 37.8 Å². The Labute approximate surface area is 117 Å². The van der Waals surface area contributed by atoms with Crippen LogP contribution < -0.4 is 5.32 Å². The van der Waals surface area contributed by atoms with Gasteiger partial charge in [0, 0.05) is 47.7 Å². The smallest absolute Gasteiger partial charge is 0.220 e. The third-order valence-corrected chi connectivity index (χ3v) is 4.56. The monoisotopic (exact) mass is 269 g/mol. The molecule has 2 fully saturated rings. The molecule has 102 valence electrons. The summed E-state index contributed by atoms with van der Waals surface area (Å²) in [5.74, 6) is 0.0511. The van der Waals surface area contributed by atoms with Crippen molar-refractivity contribution in [2.75, 3.05) is 0 Å². The van der Waals surface area contributed by atoms with Crippen molar-refractivity contribution in [3.05, 3.63) is 48.3 Å². The van der Waals surface area contributed by atoms with E-state index in [1.165, 1.54) is 12.8 Å². The van der Waals surface area contributed by atoms with E-state index in [4.69, 9.17) is 0 Å². The summed E-state index contributed by atoms with van der Waals surface area (Å²) in [5.41, 5.74) is 2.48.